The second-order valence-corrected chi connectivity index (χ2v) is 10.9. The van der Waals surface area contributed by atoms with Crippen molar-refractivity contribution >= 4 is 11.8 Å². The number of aliphatic hydroxyl groups excluding tert-OH is 1. The van der Waals surface area contributed by atoms with Crippen molar-refractivity contribution in [1.29, 1.82) is 0 Å². The predicted molar refractivity (Wildman–Crippen MR) is 108 cm³/mol. The zero-order valence-electron chi connectivity index (χ0n) is 18.3. The van der Waals surface area contributed by atoms with Gasteiger partial charge in [0, 0.05) is 29.8 Å². The third kappa shape index (κ3) is 2.31. The summed E-state index contributed by atoms with van der Waals surface area (Å²) in [5.41, 5.74) is -0.841. The fourth-order valence-corrected chi connectivity index (χ4v) is 8.28. The van der Waals surface area contributed by atoms with Crippen molar-refractivity contribution in [3.8, 4) is 0 Å². The summed E-state index contributed by atoms with van der Waals surface area (Å²) in [7, 11) is 1.43. The Labute approximate surface area is 178 Å². The zero-order chi connectivity index (χ0) is 21.5. The summed E-state index contributed by atoms with van der Waals surface area (Å²) in [4.78, 5) is 25.2. The Bertz CT molecular complexity index is 821. The Kier molecular flexibility index (Phi) is 4.40. The first kappa shape index (κ1) is 20.7. The molecule has 4 aliphatic carbocycles. The van der Waals surface area contributed by atoms with Gasteiger partial charge in [-0.15, -0.1) is 0 Å². The van der Waals surface area contributed by atoms with Crippen molar-refractivity contribution in [3.63, 3.8) is 0 Å². The lowest BCUT2D eigenvalue weighted by Gasteiger charge is -2.58. The van der Waals surface area contributed by atoms with Crippen molar-refractivity contribution in [1.82, 2.24) is 0 Å². The molecule has 0 radical (unpaired) electrons. The molecule has 1 aliphatic heterocycles. The summed E-state index contributed by atoms with van der Waals surface area (Å²) in [6, 6.07) is 0. The Hall–Kier alpha value is -1.24. The number of ether oxygens (including phenoxy) is 2. The molecule has 166 valence electrons. The number of aliphatic hydroxyl groups is 2. The number of hydrogen-bond acceptors (Lipinski definition) is 6. The van der Waals surface area contributed by atoms with Crippen LogP contribution in [0.5, 0.6) is 0 Å². The van der Waals surface area contributed by atoms with Crippen LogP contribution in [0.15, 0.2) is 11.6 Å². The Morgan fingerprint density at radius 1 is 1.33 bits per heavy atom. The number of esters is 1. The molecule has 5 rings (SSSR count). The number of fused-ring (bicyclic) bond motifs is 3. The minimum Gasteiger partial charge on any atom is -0.469 e. The molecule has 6 nitrogen and oxygen atoms in total. The van der Waals surface area contributed by atoms with Gasteiger partial charge in [0.2, 0.25) is 0 Å². The van der Waals surface area contributed by atoms with Gasteiger partial charge in [0.05, 0.1) is 24.7 Å². The minimum atomic E-state index is -0.848. The molecule has 1 spiro atoms. The van der Waals surface area contributed by atoms with E-state index in [1.165, 1.54) is 7.11 Å². The van der Waals surface area contributed by atoms with Crippen molar-refractivity contribution in [2.75, 3.05) is 13.7 Å². The zero-order valence-corrected chi connectivity index (χ0v) is 18.3. The largest absolute Gasteiger partial charge is 0.469 e. The molecule has 1 heterocycles. The van der Waals surface area contributed by atoms with Crippen LogP contribution in [0.25, 0.3) is 0 Å². The van der Waals surface area contributed by atoms with Crippen LogP contribution in [0, 0.1) is 28.6 Å². The van der Waals surface area contributed by atoms with E-state index in [0.29, 0.717) is 32.1 Å². The lowest BCUT2D eigenvalue weighted by molar-refractivity contribution is -0.163. The van der Waals surface area contributed by atoms with E-state index in [0.717, 1.165) is 24.8 Å². The highest BCUT2D eigenvalue weighted by molar-refractivity contribution is 5.92. The number of carbonyl (C=O) groups is 2. The van der Waals surface area contributed by atoms with Gasteiger partial charge in [0.25, 0.3) is 0 Å². The second-order valence-electron chi connectivity index (χ2n) is 10.9. The van der Waals surface area contributed by atoms with E-state index in [4.69, 9.17) is 9.47 Å². The standard InChI is InChI=1S/C24H34O6/c1-21-8-5-15(26)11-14(21)12-16(20(27)29-3)19-17-6-9-23(28,7-4-10-25)22(17,2)13-18-24(19,21)30-18/h11,16-19,25,28H,4-10,12-13H2,1-3H3/t16-,17+,18-,19+,21+,22+,23+,24-/m1/s1. The Balaban J connectivity index is 1.61. The van der Waals surface area contributed by atoms with E-state index in [1.54, 1.807) is 6.08 Å². The molecule has 0 aromatic rings. The monoisotopic (exact) mass is 418 g/mol. The number of carbonyl (C=O) groups excluding carboxylic acids is 2. The van der Waals surface area contributed by atoms with Crippen molar-refractivity contribution in [2.24, 2.45) is 28.6 Å². The molecular weight excluding hydrogens is 384 g/mol. The summed E-state index contributed by atoms with van der Waals surface area (Å²) in [5, 5.41) is 21.0. The molecule has 0 bridgehead atoms. The smallest absolute Gasteiger partial charge is 0.309 e. The topological polar surface area (TPSA) is 96.4 Å². The maximum Gasteiger partial charge on any atom is 0.309 e. The fourth-order valence-electron chi connectivity index (χ4n) is 8.28. The summed E-state index contributed by atoms with van der Waals surface area (Å²) in [6.45, 7) is 4.46. The van der Waals surface area contributed by atoms with Gasteiger partial charge in [-0.1, -0.05) is 19.4 Å². The third-order valence-electron chi connectivity index (χ3n) is 9.95. The molecule has 1 saturated heterocycles. The normalized spacial score (nSPS) is 51.2. The summed E-state index contributed by atoms with van der Waals surface area (Å²) in [6.07, 6.45) is 7.03. The second kappa shape index (κ2) is 6.39. The first-order chi connectivity index (χ1) is 14.2. The third-order valence-corrected chi connectivity index (χ3v) is 9.95. The molecule has 8 atom stereocenters. The Morgan fingerprint density at radius 2 is 2.10 bits per heavy atom. The van der Waals surface area contributed by atoms with Crippen LogP contribution in [0.4, 0.5) is 0 Å². The highest BCUT2D eigenvalue weighted by Gasteiger charge is 2.82. The molecule has 0 amide bonds. The van der Waals surface area contributed by atoms with E-state index in [9.17, 15) is 19.8 Å². The number of rotatable bonds is 4. The molecule has 3 saturated carbocycles. The molecule has 30 heavy (non-hydrogen) atoms. The van der Waals surface area contributed by atoms with E-state index in [2.05, 4.69) is 13.8 Å². The molecule has 0 aromatic carbocycles. The number of ketones is 1. The molecule has 0 aromatic heterocycles. The minimum absolute atomic E-state index is 0.0171. The molecule has 2 N–H and O–H groups in total. The van der Waals surface area contributed by atoms with Crippen LogP contribution in [0.2, 0.25) is 0 Å². The number of hydrogen-bond donors (Lipinski definition) is 2. The molecule has 6 heteroatoms. The lowest BCUT2D eigenvalue weighted by atomic mass is 9.43. The highest BCUT2D eigenvalue weighted by atomic mass is 16.6. The van der Waals surface area contributed by atoms with Gasteiger partial charge in [-0.05, 0) is 56.9 Å². The molecule has 4 fully saturated rings. The summed E-state index contributed by atoms with van der Waals surface area (Å²) in [5.74, 6) is -0.315. The van der Waals surface area contributed by atoms with Crippen molar-refractivity contribution in [2.45, 2.75) is 82.5 Å². The van der Waals surface area contributed by atoms with Gasteiger partial charge in [-0.25, -0.2) is 0 Å². The van der Waals surface area contributed by atoms with Crippen LogP contribution < -0.4 is 0 Å². The van der Waals surface area contributed by atoms with Crippen LogP contribution >= 0.6 is 0 Å². The molecular formula is C24H34O6. The van der Waals surface area contributed by atoms with Crippen LogP contribution in [0.1, 0.15) is 65.2 Å². The number of methoxy groups -OCH3 is 1. The SMILES string of the molecule is COC(=O)[C@@H]1CC2=CC(=O)CC[C@]2(C)[C@@]23O[C@@H]2C[C@@]2(C)[C@@H](CC[C@@]2(O)CCCO)[C@H]13. The lowest BCUT2D eigenvalue weighted by Crippen LogP contribution is -2.63. The average molecular weight is 419 g/mol. The molecule has 5 aliphatic rings. The van der Waals surface area contributed by atoms with E-state index >= 15 is 0 Å². The average Bonchev–Trinajstić information content (AvgIpc) is 3.38. The fraction of sp³-hybridized carbons (Fsp3) is 0.833. The van der Waals surface area contributed by atoms with Gasteiger partial charge < -0.3 is 19.7 Å². The van der Waals surface area contributed by atoms with E-state index in [1.807, 2.05) is 0 Å². The van der Waals surface area contributed by atoms with Gasteiger partial charge in [0.15, 0.2) is 5.78 Å². The van der Waals surface area contributed by atoms with Gasteiger partial charge >= 0.3 is 5.97 Å². The Morgan fingerprint density at radius 3 is 2.80 bits per heavy atom. The first-order valence-corrected chi connectivity index (χ1v) is 11.5. The van der Waals surface area contributed by atoms with Gasteiger partial charge in [-0.3, -0.25) is 9.59 Å². The maximum atomic E-state index is 13.0. The highest BCUT2D eigenvalue weighted by Crippen LogP contribution is 2.77. The first-order valence-electron chi connectivity index (χ1n) is 11.5. The van der Waals surface area contributed by atoms with Crippen molar-refractivity contribution < 1.29 is 29.3 Å². The quantitative estimate of drug-likeness (QED) is 0.538. The van der Waals surface area contributed by atoms with Gasteiger partial charge in [0.1, 0.15) is 5.60 Å². The van der Waals surface area contributed by atoms with E-state index in [-0.39, 0.29) is 53.0 Å². The van der Waals surface area contributed by atoms with Crippen LogP contribution in [-0.2, 0) is 19.1 Å². The molecule has 0 unspecified atom stereocenters. The van der Waals surface area contributed by atoms with E-state index < -0.39 is 11.2 Å². The van der Waals surface area contributed by atoms with Crippen LogP contribution in [0.3, 0.4) is 0 Å². The predicted octanol–water partition coefficient (Wildman–Crippen LogP) is 2.55. The number of epoxide rings is 1. The maximum absolute atomic E-state index is 13.0. The van der Waals surface area contributed by atoms with Crippen molar-refractivity contribution in [3.05, 3.63) is 11.6 Å². The van der Waals surface area contributed by atoms with Gasteiger partial charge in [-0.2, -0.15) is 0 Å². The van der Waals surface area contributed by atoms with Crippen LogP contribution in [-0.4, -0.2) is 53.0 Å². The summed E-state index contributed by atoms with van der Waals surface area (Å²) >= 11 is 0. The summed E-state index contributed by atoms with van der Waals surface area (Å²) < 4.78 is 11.8.